The van der Waals surface area contributed by atoms with Crippen LogP contribution in [0.1, 0.15) is 41.4 Å². The van der Waals surface area contributed by atoms with Crippen molar-refractivity contribution in [2.24, 2.45) is 4.99 Å². The number of benzene rings is 1. The Kier molecular flexibility index (Phi) is 10.5. The minimum absolute atomic E-state index is 0. The lowest BCUT2D eigenvalue weighted by Gasteiger charge is -2.14. The van der Waals surface area contributed by atoms with Crippen LogP contribution in [0, 0.1) is 6.92 Å². The van der Waals surface area contributed by atoms with Gasteiger partial charge in [-0.3, -0.25) is 9.79 Å². The second-order valence-electron chi connectivity index (χ2n) is 6.19. The summed E-state index contributed by atoms with van der Waals surface area (Å²) in [7, 11) is 0. The smallest absolute Gasteiger partial charge is 0.287 e. The Morgan fingerprint density at radius 2 is 1.93 bits per heavy atom. The van der Waals surface area contributed by atoms with Gasteiger partial charge in [-0.25, -0.2) is 0 Å². The summed E-state index contributed by atoms with van der Waals surface area (Å²) in [6, 6.07) is 11.8. The molecule has 1 aromatic carbocycles. The van der Waals surface area contributed by atoms with Gasteiger partial charge in [-0.15, -0.1) is 24.0 Å². The molecule has 7 heteroatoms. The topological polar surface area (TPSA) is 78.7 Å². The molecule has 0 spiro atoms. The third-order valence-electron chi connectivity index (χ3n) is 3.93. The normalized spacial score (nSPS) is 12.0. The van der Waals surface area contributed by atoms with Crippen LogP contribution in [0.5, 0.6) is 0 Å². The maximum Gasteiger partial charge on any atom is 0.287 e. The lowest BCUT2D eigenvalue weighted by Crippen LogP contribution is -2.41. The molecule has 0 aliphatic rings. The molecule has 3 N–H and O–H groups in total. The van der Waals surface area contributed by atoms with E-state index in [1.165, 1.54) is 17.4 Å². The number of amides is 1. The Balaban J connectivity index is 0.00000364. The third kappa shape index (κ3) is 8.03. The molecule has 1 atom stereocenters. The summed E-state index contributed by atoms with van der Waals surface area (Å²) >= 11 is 0. The first-order valence-electron chi connectivity index (χ1n) is 9.00. The predicted octanol–water partition coefficient (Wildman–Crippen LogP) is 3.29. The second kappa shape index (κ2) is 12.4. The Labute approximate surface area is 178 Å². The monoisotopic (exact) mass is 484 g/mol. The fraction of sp³-hybridized carbons (Fsp3) is 0.400. The summed E-state index contributed by atoms with van der Waals surface area (Å²) in [6.45, 7) is 8.84. The van der Waals surface area contributed by atoms with E-state index < -0.39 is 0 Å². The van der Waals surface area contributed by atoms with Gasteiger partial charge < -0.3 is 20.4 Å². The van der Waals surface area contributed by atoms with E-state index in [2.05, 4.69) is 59.1 Å². The highest BCUT2D eigenvalue weighted by molar-refractivity contribution is 14.0. The van der Waals surface area contributed by atoms with E-state index in [9.17, 15) is 4.79 Å². The van der Waals surface area contributed by atoms with Crippen LogP contribution in [-0.4, -0.2) is 38.0 Å². The second-order valence-corrected chi connectivity index (χ2v) is 6.19. The van der Waals surface area contributed by atoms with Crippen LogP contribution < -0.4 is 16.0 Å². The van der Waals surface area contributed by atoms with Crippen LogP contribution >= 0.6 is 24.0 Å². The average molecular weight is 484 g/mol. The Hall–Kier alpha value is -2.03. The summed E-state index contributed by atoms with van der Waals surface area (Å²) in [4.78, 5) is 16.4. The Bertz CT molecular complexity index is 717. The first kappa shape index (κ1) is 23.0. The molecule has 0 radical (unpaired) electrons. The van der Waals surface area contributed by atoms with Gasteiger partial charge in [0, 0.05) is 32.1 Å². The van der Waals surface area contributed by atoms with Crippen molar-refractivity contribution in [3.8, 4) is 0 Å². The maximum absolute atomic E-state index is 11.8. The van der Waals surface area contributed by atoms with Crippen LogP contribution in [0.15, 0.2) is 52.1 Å². The van der Waals surface area contributed by atoms with Crippen molar-refractivity contribution in [3.05, 3.63) is 59.5 Å². The Morgan fingerprint density at radius 1 is 1.15 bits per heavy atom. The molecule has 27 heavy (non-hydrogen) atoms. The summed E-state index contributed by atoms with van der Waals surface area (Å²) < 4.78 is 5.06. The molecule has 0 aliphatic carbocycles. The average Bonchev–Trinajstić information content (AvgIpc) is 3.17. The number of nitrogens with one attached hydrogen (secondary N) is 3. The fourth-order valence-corrected chi connectivity index (χ4v) is 2.50. The number of aryl methyl sites for hydroxylation is 1. The zero-order valence-electron chi connectivity index (χ0n) is 16.1. The molecule has 1 heterocycles. The lowest BCUT2D eigenvalue weighted by molar-refractivity contribution is 0.0926. The number of halogens is 1. The van der Waals surface area contributed by atoms with Gasteiger partial charge >= 0.3 is 0 Å². The van der Waals surface area contributed by atoms with Crippen LogP contribution in [-0.2, 0) is 0 Å². The molecule has 2 aromatic rings. The van der Waals surface area contributed by atoms with Gasteiger partial charge in [0.15, 0.2) is 11.7 Å². The first-order valence-corrected chi connectivity index (χ1v) is 9.00. The van der Waals surface area contributed by atoms with Gasteiger partial charge in [-0.1, -0.05) is 36.8 Å². The van der Waals surface area contributed by atoms with E-state index >= 15 is 0 Å². The van der Waals surface area contributed by atoms with Crippen molar-refractivity contribution >= 4 is 35.8 Å². The highest BCUT2D eigenvalue weighted by atomic mass is 127. The molecular weight excluding hydrogens is 455 g/mol. The molecule has 0 bridgehead atoms. The van der Waals surface area contributed by atoms with Crippen molar-refractivity contribution in [3.63, 3.8) is 0 Å². The number of carbonyl (C=O) groups excluding carboxylic acids is 1. The highest BCUT2D eigenvalue weighted by Crippen LogP contribution is 2.16. The maximum atomic E-state index is 11.8. The number of guanidine groups is 1. The van der Waals surface area contributed by atoms with E-state index in [1.54, 1.807) is 12.1 Å². The quantitative estimate of drug-likeness (QED) is 0.233. The standard InChI is InChI=1S/C20H28N4O2.HI/c1-4-21-20(23-11-10-22-19(25)18-9-6-12-26-18)24-14-16(3)17-8-5-7-15(2)13-17;/h5-9,12-13,16H,4,10-11,14H2,1-3H3,(H,22,25)(H2,21,23,24);1H. The van der Waals surface area contributed by atoms with Gasteiger partial charge in [0.1, 0.15) is 0 Å². The van der Waals surface area contributed by atoms with Crippen molar-refractivity contribution in [2.45, 2.75) is 26.7 Å². The van der Waals surface area contributed by atoms with E-state index in [0.29, 0.717) is 31.3 Å². The molecule has 0 saturated heterocycles. The molecule has 1 aromatic heterocycles. The number of hydrogen-bond donors (Lipinski definition) is 3. The van der Waals surface area contributed by atoms with Crippen molar-refractivity contribution in [2.75, 3.05) is 26.2 Å². The number of rotatable bonds is 8. The molecular formula is C20H29IN4O2. The van der Waals surface area contributed by atoms with Gasteiger partial charge in [0.2, 0.25) is 0 Å². The lowest BCUT2D eigenvalue weighted by atomic mass is 10.00. The van der Waals surface area contributed by atoms with E-state index in [-0.39, 0.29) is 29.9 Å². The fourth-order valence-electron chi connectivity index (χ4n) is 2.50. The molecule has 1 unspecified atom stereocenters. The van der Waals surface area contributed by atoms with Crippen LogP contribution in [0.25, 0.3) is 0 Å². The van der Waals surface area contributed by atoms with Crippen molar-refractivity contribution in [1.29, 1.82) is 0 Å². The summed E-state index contributed by atoms with van der Waals surface area (Å²) in [5.74, 6) is 1.19. The van der Waals surface area contributed by atoms with Gasteiger partial charge in [0.05, 0.1) is 6.26 Å². The molecule has 0 aliphatic heterocycles. The summed E-state index contributed by atoms with van der Waals surface area (Å²) in [6.07, 6.45) is 1.48. The minimum Gasteiger partial charge on any atom is -0.459 e. The van der Waals surface area contributed by atoms with Crippen molar-refractivity contribution < 1.29 is 9.21 Å². The highest BCUT2D eigenvalue weighted by Gasteiger charge is 2.08. The zero-order valence-corrected chi connectivity index (χ0v) is 18.4. The van der Waals surface area contributed by atoms with Gasteiger partial charge in [-0.2, -0.15) is 0 Å². The van der Waals surface area contributed by atoms with E-state index in [4.69, 9.17) is 4.42 Å². The van der Waals surface area contributed by atoms with Crippen LogP contribution in [0.2, 0.25) is 0 Å². The molecule has 0 fully saturated rings. The number of furan rings is 1. The molecule has 148 valence electrons. The first-order chi connectivity index (χ1) is 12.6. The van der Waals surface area contributed by atoms with E-state index in [1.807, 2.05) is 6.92 Å². The summed E-state index contributed by atoms with van der Waals surface area (Å²) in [5, 5.41) is 9.26. The predicted molar refractivity (Wildman–Crippen MR) is 120 cm³/mol. The molecule has 1 amide bonds. The van der Waals surface area contributed by atoms with Crippen LogP contribution in [0.3, 0.4) is 0 Å². The largest absolute Gasteiger partial charge is 0.459 e. The molecule has 2 rings (SSSR count). The Morgan fingerprint density at radius 3 is 2.59 bits per heavy atom. The van der Waals surface area contributed by atoms with Crippen molar-refractivity contribution in [1.82, 2.24) is 16.0 Å². The summed E-state index contributed by atoms with van der Waals surface area (Å²) in [5.41, 5.74) is 2.55. The number of aliphatic imine (C=N–C) groups is 1. The van der Waals surface area contributed by atoms with Gasteiger partial charge in [-0.05, 0) is 31.5 Å². The zero-order chi connectivity index (χ0) is 18.8. The number of nitrogens with zero attached hydrogens (tertiary/aromatic N) is 1. The number of carbonyl (C=O) groups is 1. The van der Waals surface area contributed by atoms with Gasteiger partial charge in [0.25, 0.3) is 5.91 Å². The SMILES string of the molecule is CCNC(=NCC(C)c1cccc(C)c1)NCCNC(=O)c1ccco1.I. The van der Waals surface area contributed by atoms with Crippen LogP contribution in [0.4, 0.5) is 0 Å². The number of hydrogen-bond acceptors (Lipinski definition) is 3. The molecule has 6 nitrogen and oxygen atoms in total. The van der Waals surface area contributed by atoms with E-state index in [0.717, 1.165) is 12.5 Å². The third-order valence-corrected chi connectivity index (χ3v) is 3.93. The minimum atomic E-state index is -0.216. The molecule has 0 saturated carbocycles.